The van der Waals surface area contributed by atoms with E-state index in [-0.39, 0.29) is 11.8 Å². The van der Waals surface area contributed by atoms with Gasteiger partial charge in [-0.25, -0.2) is 0 Å². The van der Waals surface area contributed by atoms with Gasteiger partial charge in [0.1, 0.15) is 6.04 Å². The van der Waals surface area contributed by atoms with Crippen molar-refractivity contribution in [3.05, 3.63) is 114 Å². The predicted octanol–water partition coefficient (Wildman–Crippen LogP) is 4.97. The number of rotatable bonds is 8. The molecule has 0 aliphatic carbocycles. The van der Waals surface area contributed by atoms with Crippen LogP contribution in [0.3, 0.4) is 0 Å². The van der Waals surface area contributed by atoms with Gasteiger partial charge in [0, 0.05) is 36.8 Å². The summed E-state index contributed by atoms with van der Waals surface area (Å²) in [7, 11) is 0. The Balaban J connectivity index is 1.40. The second kappa shape index (κ2) is 11.0. The zero-order valence-electron chi connectivity index (χ0n) is 20.2. The van der Waals surface area contributed by atoms with E-state index in [0.717, 1.165) is 40.8 Å². The first-order valence-corrected chi connectivity index (χ1v) is 12.5. The lowest BCUT2D eigenvalue weighted by Gasteiger charge is -2.34. The number of nitrogens with one attached hydrogen (secondary N) is 1. The van der Waals surface area contributed by atoms with Gasteiger partial charge in [-0.2, -0.15) is 5.10 Å². The van der Waals surface area contributed by atoms with Crippen LogP contribution in [-0.2, 0) is 22.7 Å². The molecule has 1 aliphatic rings. The van der Waals surface area contributed by atoms with Gasteiger partial charge in [0.25, 0.3) is 0 Å². The fourth-order valence-electron chi connectivity index (χ4n) is 4.77. The Labute approximate surface area is 211 Å². The number of aromatic nitrogens is 2. The Morgan fingerprint density at radius 1 is 0.889 bits per heavy atom. The number of likely N-dealkylation sites (tertiary alicyclic amines) is 1. The van der Waals surface area contributed by atoms with Crippen LogP contribution >= 0.6 is 0 Å². The summed E-state index contributed by atoms with van der Waals surface area (Å²) < 4.78 is 1.92. The highest BCUT2D eigenvalue weighted by molar-refractivity contribution is 5.89. The molecule has 2 heterocycles. The van der Waals surface area contributed by atoms with E-state index in [9.17, 15) is 9.59 Å². The number of carbonyl (C=O) groups excluding carboxylic acids is 2. The van der Waals surface area contributed by atoms with Gasteiger partial charge in [0.05, 0.1) is 12.2 Å². The van der Waals surface area contributed by atoms with Crippen LogP contribution in [0.4, 0.5) is 0 Å². The first kappa shape index (κ1) is 23.5. The highest BCUT2D eigenvalue weighted by Gasteiger charge is 2.32. The fraction of sp³-hybridized carbons (Fsp3) is 0.233. The number of amides is 2. The first-order chi connectivity index (χ1) is 17.7. The largest absolute Gasteiger partial charge is 0.350 e. The van der Waals surface area contributed by atoms with Crippen molar-refractivity contribution in [3.63, 3.8) is 0 Å². The Morgan fingerprint density at radius 2 is 1.56 bits per heavy atom. The van der Waals surface area contributed by atoms with Crippen molar-refractivity contribution in [1.29, 1.82) is 0 Å². The number of benzene rings is 3. The lowest BCUT2D eigenvalue weighted by atomic mass is 10.00. The molecule has 36 heavy (non-hydrogen) atoms. The van der Waals surface area contributed by atoms with E-state index in [4.69, 9.17) is 5.10 Å². The van der Waals surface area contributed by atoms with Crippen LogP contribution < -0.4 is 5.32 Å². The topological polar surface area (TPSA) is 67.2 Å². The molecule has 1 saturated heterocycles. The molecule has 6 heteroatoms. The van der Waals surface area contributed by atoms with Crippen molar-refractivity contribution in [3.8, 4) is 11.3 Å². The van der Waals surface area contributed by atoms with E-state index < -0.39 is 6.04 Å². The molecule has 4 aromatic rings. The molecule has 0 spiro atoms. The molecule has 6 nitrogen and oxygen atoms in total. The van der Waals surface area contributed by atoms with Gasteiger partial charge >= 0.3 is 0 Å². The van der Waals surface area contributed by atoms with Crippen LogP contribution in [0.1, 0.15) is 42.0 Å². The minimum atomic E-state index is -0.640. The Hall–Kier alpha value is -4.19. The Kier molecular flexibility index (Phi) is 7.22. The maximum Gasteiger partial charge on any atom is 0.247 e. The van der Waals surface area contributed by atoms with Gasteiger partial charge in [-0.15, -0.1) is 0 Å². The van der Waals surface area contributed by atoms with Gasteiger partial charge in [-0.05, 0) is 24.0 Å². The van der Waals surface area contributed by atoms with Gasteiger partial charge in [-0.1, -0.05) is 91.0 Å². The predicted molar refractivity (Wildman–Crippen MR) is 140 cm³/mol. The van der Waals surface area contributed by atoms with Gasteiger partial charge < -0.3 is 10.2 Å². The minimum Gasteiger partial charge on any atom is -0.350 e. The average molecular weight is 479 g/mol. The third-order valence-corrected chi connectivity index (χ3v) is 6.56. The van der Waals surface area contributed by atoms with Gasteiger partial charge in [0.2, 0.25) is 11.8 Å². The molecule has 1 fully saturated rings. The SMILES string of the molecule is O=C(NCc1cn(Cc2ccccc2)nc1-c1ccccc1)C(c1ccccc1)N1CCCCC1=O. The lowest BCUT2D eigenvalue weighted by molar-refractivity contribution is -0.142. The summed E-state index contributed by atoms with van der Waals surface area (Å²) in [6.07, 6.45) is 4.27. The van der Waals surface area contributed by atoms with Crippen LogP contribution in [0.5, 0.6) is 0 Å². The zero-order chi connectivity index (χ0) is 24.7. The van der Waals surface area contributed by atoms with Gasteiger partial charge in [0.15, 0.2) is 0 Å². The third kappa shape index (κ3) is 5.38. The molecule has 1 atom stereocenters. The summed E-state index contributed by atoms with van der Waals surface area (Å²) in [5.74, 6) is -0.142. The summed E-state index contributed by atoms with van der Waals surface area (Å²) in [5, 5.41) is 7.98. The summed E-state index contributed by atoms with van der Waals surface area (Å²) >= 11 is 0. The summed E-state index contributed by atoms with van der Waals surface area (Å²) in [6.45, 7) is 1.56. The van der Waals surface area contributed by atoms with Crippen molar-refractivity contribution in [2.45, 2.75) is 38.4 Å². The second-order valence-corrected chi connectivity index (χ2v) is 9.13. The van der Waals surface area contributed by atoms with Crippen LogP contribution in [-0.4, -0.2) is 33.0 Å². The summed E-state index contributed by atoms with van der Waals surface area (Å²) in [4.78, 5) is 28.0. The molecule has 3 aromatic carbocycles. The second-order valence-electron chi connectivity index (χ2n) is 9.13. The van der Waals surface area contributed by atoms with E-state index in [1.165, 1.54) is 0 Å². The molecular formula is C30H30N4O2. The highest BCUT2D eigenvalue weighted by Crippen LogP contribution is 2.27. The van der Waals surface area contributed by atoms with Gasteiger partial charge in [-0.3, -0.25) is 14.3 Å². The molecular weight excluding hydrogens is 448 g/mol. The van der Waals surface area contributed by atoms with E-state index >= 15 is 0 Å². The van der Waals surface area contributed by atoms with Crippen LogP contribution in [0, 0.1) is 0 Å². The maximum absolute atomic E-state index is 13.6. The fourth-order valence-corrected chi connectivity index (χ4v) is 4.77. The van der Waals surface area contributed by atoms with Crippen molar-refractivity contribution in [2.75, 3.05) is 6.54 Å². The maximum atomic E-state index is 13.6. The standard InChI is InChI=1S/C30H30N4O2/c35-27-18-10-11-19-34(27)29(25-16-8-3-9-17-25)30(36)31-20-26-22-33(21-23-12-4-1-5-13-23)32-28(26)24-14-6-2-7-15-24/h1-9,12-17,22,29H,10-11,18-21H2,(H,31,36). The van der Waals surface area contributed by atoms with E-state index in [1.54, 1.807) is 4.90 Å². The molecule has 182 valence electrons. The Morgan fingerprint density at radius 3 is 2.25 bits per heavy atom. The summed E-state index contributed by atoms with van der Waals surface area (Å²) in [5.41, 5.74) is 4.76. The van der Waals surface area contributed by atoms with Crippen molar-refractivity contribution < 1.29 is 9.59 Å². The van der Waals surface area contributed by atoms with Crippen molar-refractivity contribution in [1.82, 2.24) is 20.0 Å². The highest BCUT2D eigenvalue weighted by atomic mass is 16.2. The molecule has 0 bridgehead atoms. The zero-order valence-corrected chi connectivity index (χ0v) is 20.2. The molecule has 5 rings (SSSR count). The van der Waals surface area contributed by atoms with Crippen LogP contribution in [0.15, 0.2) is 97.2 Å². The molecule has 1 aromatic heterocycles. The molecule has 2 amide bonds. The van der Waals surface area contributed by atoms with Crippen LogP contribution in [0.2, 0.25) is 0 Å². The molecule has 1 aliphatic heterocycles. The average Bonchev–Trinajstić information content (AvgIpc) is 3.33. The molecule has 0 radical (unpaired) electrons. The minimum absolute atomic E-state index is 0.0332. The van der Waals surface area contributed by atoms with E-state index in [0.29, 0.717) is 26.1 Å². The summed E-state index contributed by atoms with van der Waals surface area (Å²) in [6, 6.07) is 29.1. The quantitative estimate of drug-likeness (QED) is 0.389. The van der Waals surface area contributed by atoms with E-state index in [1.807, 2.05) is 89.7 Å². The number of hydrogen-bond acceptors (Lipinski definition) is 3. The monoisotopic (exact) mass is 478 g/mol. The molecule has 0 saturated carbocycles. The molecule has 1 unspecified atom stereocenters. The number of hydrogen-bond donors (Lipinski definition) is 1. The number of nitrogens with zero attached hydrogens (tertiary/aromatic N) is 3. The van der Waals surface area contributed by atoms with Crippen molar-refractivity contribution in [2.24, 2.45) is 0 Å². The normalized spacial score (nSPS) is 14.4. The lowest BCUT2D eigenvalue weighted by Crippen LogP contribution is -2.45. The first-order valence-electron chi connectivity index (χ1n) is 12.5. The van der Waals surface area contributed by atoms with Crippen LogP contribution in [0.25, 0.3) is 11.3 Å². The number of piperidine rings is 1. The van der Waals surface area contributed by atoms with Crippen molar-refractivity contribution >= 4 is 11.8 Å². The third-order valence-electron chi connectivity index (χ3n) is 6.56. The molecule has 1 N–H and O–H groups in total. The number of carbonyl (C=O) groups is 2. The Bertz CT molecular complexity index is 1300. The van der Waals surface area contributed by atoms with E-state index in [2.05, 4.69) is 17.4 Å². The smallest absolute Gasteiger partial charge is 0.247 e.